The summed E-state index contributed by atoms with van der Waals surface area (Å²) in [5.74, 6) is -0.363. The van der Waals surface area contributed by atoms with Gasteiger partial charge in [-0.3, -0.25) is 9.59 Å². The Kier molecular flexibility index (Phi) is 6.02. The SMILES string of the molecule is O=C1CCC(c2cccc(-c3ccc(CCn4ccccc4=O)cc3)c2Cl)C(O)N1. The van der Waals surface area contributed by atoms with Gasteiger partial charge in [0.05, 0.1) is 5.02 Å². The van der Waals surface area contributed by atoms with Crippen molar-refractivity contribution in [3.8, 4) is 11.1 Å². The predicted octanol–water partition coefficient (Wildman–Crippen LogP) is 3.72. The number of carbonyl (C=O) groups excluding carboxylic acids is 1. The average Bonchev–Trinajstić information content (AvgIpc) is 2.74. The number of amides is 1. The molecule has 154 valence electrons. The topological polar surface area (TPSA) is 71.3 Å². The molecule has 6 heteroatoms. The van der Waals surface area contributed by atoms with Gasteiger partial charge < -0.3 is 15.0 Å². The van der Waals surface area contributed by atoms with Crippen LogP contribution >= 0.6 is 11.6 Å². The van der Waals surface area contributed by atoms with Crippen molar-refractivity contribution in [3.05, 3.63) is 93.4 Å². The van der Waals surface area contributed by atoms with Crippen LogP contribution in [0.2, 0.25) is 5.02 Å². The lowest BCUT2D eigenvalue weighted by molar-refractivity contribution is -0.127. The smallest absolute Gasteiger partial charge is 0.250 e. The fraction of sp³-hybridized carbons (Fsp3) is 0.250. The number of nitrogens with zero attached hydrogens (tertiary/aromatic N) is 1. The number of hydrogen-bond donors (Lipinski definition) is 2. The highest BCUT2D eigenvalue weighted by molar-refractivity contribution is 6.34. The normalized spacial score (nSPS) is 18.8. The van der Waals surface area contributed by atoms with E-state index in [1.807, 2.05) is 48.5 Å². The van der Waals surface area contributed by atoms with E-state index in [9.17, 15) is 14.7 Å². The molecule has 0 radical (unpaired) electrons. The number of aryl methyl sites for hydroxylation is 2. The highest BCUT2D eigenvalue weighted by Crippen LogP contribution is 2.38. The summed E-state index contributed by atoms with van der Waals surface area (Å²) >= 11 is 6.71. The number of pyridine rings is 1. The van der Waals surface area contributed by atoms with Crippen LogP contribution in [0.25, 0.3) is 11.1 Å². The van der Waals surface area contributed by atoms with E-state index in [4.69, 9.17) is 11.6 Å². The summed E-state index contributed by atoms with van der Waals surface area (Å²) in [6.45, 7) is 0.626. The van der Waals surface area contributed by atoms with Crippen LogP contribution in [0.1, 0.15) is 29.9 Å². The number of carbonyl (C=O) groups is 1. The predicted molar refractivity (Wildman–Crippen MR) is 117 cm³/mol. The molecule has 2 atom stereocenters. The first-order chi connectivity index (χ1) is 14.5. The van der Waals surface area contributed by atoms with Crippen molar-refractivity contribution in [2.75, 3.05) is 0 Å². The van der Waals surface area contributed by atoms with Gasteiger partial charge in [-0.25, -0.2) is 0 Å². The Morgan fingerprint density at radius 3 is 2.57 bits per heavy atom. The number of aromatic nitrogens is 1. The Morgan fingerprint density at radius 1 is 1.03 bits per heavy atom. The van der Waals surface area contributed by atoms with Crippen molar-refractivity contribution in [3.63, 3.8) is 0 Å². The number of rotatable bonds is 5. The van der Waals surface area contributed by atoms with Gasteiger partial charge in [0.15, 0.2) is 0 Å². The van der Waals surface area contributed by atoms with Crippen molar-refractivity contribution < 1.29 is 9.90 Å². The molecule has 1 saturated heterocycles. The number of aliphatic hydroxyl groups excluding tert-OH is 1. The number of aliphatic hydroxyl groups is 1. The molecule has 0 saturated carbocycles. The molecule has 1 aliphatic rings. The van der Waals surface area contributed by atoms with Crippen molar-refractivity contribution in [1.82, 2.24) is 9.88 Å². The van der Waals surface area contributed by atoms with Gasteiger partial charge >= 0.3 is 0 Å². The largest absolute Gasteiger partial charge is 0.373 e. The molecule has 30 heavy (non-hydrogen) atoms. The lowest BCUT2D eigenvalue weighted by Crippen LogP contribution is -2.43. The van der Waals surface area contributed by atoms with Gasteiger partial charge in [-0.1, -0.05) is 60.1 Å². The Morgan fingerprint density at radius 2 is 1.83 bits per heavy atom. The van der Waals surface area contributed by atoms with Crippen LogP contribution in [0.4, 0.5) is 0 Å². The van der Waals surface area contributed by atoms with Crippen molar-refractivity contribution in [2.45, 2.75) is 38.0 Å². The Hall–Kier alpha value is -2.89. The molecule has 1 aromatic heterocycles. The third kappa shape index (κ3) is 4.32. The molecule has 2 aromatic carbocycles. The maximum Gasteiger partial charge on any atom is 0.250 e. The number of piperidine rings is 1. The zero-order valence-electron chi connectivity index (χ0n) is 16.4. The van der Waals surface area contributed by atoms with E-state index in [2.05, 4.69) is 5.32 Å². The number of halogens is 1. The molecule has 4 rings (SSSR count). The first-order valence-electron chi connectivity index (χ1n) is 10.0. The van der Waals surface area contributed by atoms with Gasteiger partial charge in [-0.2, -0.15) is 0 Å². The van der Waals surface area contributed by atoms with Gasteiger partial charge in [0, 0.05) is 36.7 Å². The maximum absolute atomic E-state index is 11.8. The van der Waals surface area contributed by atoms with Gasteiger partial charge in [0.1, 0.15) is 6.23 Å². The zero-order valence-corrected chi connectivity index (χ0v) is 17.2. The zero-order chi connectivity index (χ0) is 21.1. The molecular weight excluding hydrogens is 400 g/mol. The van der Waals surface area contributed by atoms with Crippen LogP contribution < -0.4 is 10.9 Å². The Labute approximate surface area is 179 Å². The standard InChI is InChI=1S/C24H23ClN2O3/c25-23-18(4-3-5-19(23)20-11-12-21(28)26-24(20)30)17-9-7-16(8-10-17)13-15-27-14-2-1-6-22(27)29/h1-10,14,20,24,30H,11-13,15H2,(H,26,28). The van der Waals surface area contributed by atoms with Crippen molar-refractivity contribution in [2.24, 2.45) is 0 Å². The lowest BCUT2D eigenvalue weighted by atomic mass is 9.87. The van der Waals surface area contributed by atoms with E-state index in [1.54, 1.807) is 22.9 Å². The molecule has 1 fully saturated rings. The van der Waals surface area contributed by atoms with Gasteiger partial charge in [0.25, 0.3) is 5.56 Å². The molecular formula is C24H23ClN2O3. The number of benzene rings is 2. The van der Waals surface area contributed by atoms with Gasteiger partial charge in [-0.15, -0.1) is 0 Å². The Balaban J connectivity index is 1.52. The summed E-state index contributed by atoms with van der Waals surface area (Å²) in [5, 5.41) is 13.5. The molecule has 0 spiro atoms. The second-order valence-electron chi connectivity index (χ2n) is 7.55. The van der Waals surface area contributed by atoms with E-state index in [0.717, 1.165) is 28.7 Å². The van der Waals surface area contributed by atoms with E-state index in [1.165, 1.54) is 0 Å². The average molecular weight is 423 g/mol. The molecule has 5 nitrogen and oxygen atoms in total. The quantitative estimate of drug-likeness (QED) is 0.658. The molecule has 2 unspecified atom stereocenters. The summed E-state index contributed by atoms with van der Waals surface area (Å²) in [7, 11) is 0. The van der Waals surface area contributed by atoms with E-state index >= 15 is 0 Å². The van der Waals surface area contributed by atoms with Crippen molar-refractivity contribution >= 4 is 17.5 Å². The fourth-order valence-electron chi connectivity index (χ4n) is 3.91. The van der Waals surface area contributed by atoms with Crippen LogP contribution in [0, 0.1) is 0 Å². The van der Waals surface area contributed by atoms with Crippen LogP contribution in [0.5, 0.6) is 0 Å². The van der Waals surface area contributed by atoms with E-state index in [-0.39, 0.29) is 17.4 Å². The first-order valence-corrected chi connectivity index (χ1v) is 10.4. The molecule has 2 heterocycles. The van der Waals surface area contributed by atoms with Crippen LogP contribution in [-0.2, 0) is 17.8 Å². The van der Waals surface area contributed by atoms with Crippen LogP contribution in [0.15, 0.2) is 71.7 Å². The summed E-state index contributed by atoms with van der Waals surface area (Å²) in [4.78, 5) is 23.3. The van der Waals surface area contributed by atoms with Crippen molar-refractivity contribution in [1.29, 1.82) is 0 Å². The summed E-state index contributed by atoms with van der Waals surface area (Å²) in [5.41, 5.74) is 3.85. The molecule has 0 bridgehead atoms. The van der Waals surface area contributed by atoms with E-state index < -0.39 is 6.23 Å². The minimum absolute atomic E-state index is 0.00110. The summed E-state index contributed by atoms with van der Waals surface area (Å²) < 4.78 is 1.70. The fourth-order valence-corrected chi connectivity index (χ4v) is 4.29. The van der Waals surface area contributed by atoms with Gasteiger partial charge in [-0.05, 0) is 35.6 Å². The molecule has 2 N–H and O–H groups in total. The third-order valence-corrected chi connectivity index (χ3v) is 6.03. The highest BCUT2D eigenvalue weighted by Gasteiger charge is 2.30. The second-order valence-corrected chi connectivity index (χ2v) is 7.92. The first kappa shape index (κ1) is 20.4. The maximum atomic E-state index is 11.8. The monoisotopic (exact) mass is 422 g/mol. The second kappa shape index (κ2) is 8.86. The lowest BCUT2D eigenvalue weighted by Gasteiger charge is -2.29. The minimum Gasteiger partial charge on any atom is -0.373 e. The number of hydrogen-bond acceptors (Lipinski definition) is 3. The highest BCUT2D eigenvalue weighted by atomic mass is 35.5. The van der Waals surface area contributed by atoms with E-state index in [0.29, 0.717) is 24.4 Å². The van der Waals surface area contributed by atoms with Gasteiger partial charge in [0.2, 0.25) is 5.91 Å². The molecule has 1 amide bonds. The minimum atomic E-state index is -0.928. The van der Waals surface area contributed by atoms with Crippen LogP contribution in [-0.4, -0.2) is 21.8 Å². The third-order valence-electron chi connectivity index (χ3n) is 5.61. The summed E-state index contributed by atoms with van der Waals surface area (Å²) in [6, 6.07) is 19.1. The number of nitrogens with one attached hydrogen (secondary N) is 1. The van der Waals surface area contributed by atoms with Crippen LogP contribution in [0.3, 0.4) is 0 Å². The molecule has 0 aliphatic carbocycles. The molecule has 3 aromatic rings. The molecule has 1 aliphatic heterocycles. The Bertz CT molecular complexity index is 1110. The summed E-state index contributed by atoms with van der Waals surface area (Å²) in [6.07, 6.45) is 2.56.